The second-order valence-corrected chi connectivity index (χ2v) is 8.57. The highest BCUT2D eigenvalue weighted by atomic mass is 32.2. The van der Waals surface area contributed by atoms with Crippen LogP contribution in [0.1, 0.15) is 46.4 Å². The molecule has 5 nitrogen and oxygen atoms in total. The molecule has 2 aromatic carbocycles. The first-order chi connectivity index (χ1) is 12.5. The molecule has 3 rings (SSSR count). The van der Waals surface area contributed by atoms with Gasteiger partial charge in [0.1, 0.15) is 0 Å². The summed E-state index contributed by atoms with van der Waals surface area (Å²) >= 11 is 0. The number of aryl methyl sites for hydroxylation is 1. The van der Waals surface area contributed by atoms with Crippen molar-refractivity contribution < 1.29 is 22.0 Å². The lowest BCUT2D eigenvalue weighted by molar-refractivity contribution is 0.0174. The van der Waals surface area contributed by atoms with E-state index in [1.165, 1.54) is 36.4 Å². The third-order valence-corrected chi connectivity index (χ3v) is 5.09. The highest BCUT2D eigenvalue weighted by Gasteiger charge is 2.29. The molecule has 0 radical (unpaired) electrons. The smallest absolute Gasteiger partial charge is 0.270 e. The van der Waals surface area contributed by atoms with Crippen LogP contribution in [0.4, 0.5) is 14.5 Å². The van der Waals surface area contributed by atoms with E-state index in [1.807, 2.05) is 0 Å². The average Bonchev–Trinajstić information content (AvgIpc) is 2.95. The molecule has 1 aliphatic rings. The van der Waals surface area contributed by atoms with Crippen LogP contribution in [0, 0.1) is 0 Å². The number of halogens is 2. The Hall–Kier alpha value is -2.48. The summed E-state index contributed by atoms with van der Waals surface area (Å²) < 4.78 is 51.7. The van der Waals surface area contributed by atoms with Crippen LogP contribution < -0.4 is 10.0 Å². The largest absolute Gasteiger partial charge is 0.345 e. The molecule has 1 aliphatic carbocycles. The topological polar surface area (TPSA) is 75.3 Å². The molecule has 2 aromatic rings. The maximum absolute atomic E-state index is 13.5. The molecule has 0 aromatic heterocycles. The van der Waals surface area contributed by atoms with Gasteiger partial charge in [-0.3, -0.25) is 9.52 Å². The summed E-state index contributed by atoms with van der Waals surface area (Å²) in [6.07, 6.45) is 2.32. The van der Waals surface area contributed by atoms with Crippen molar-refractivity contribution in [2.24, 2.45) is 0 Å². The van der Waals surface area contributed by atoms with Crippen LogP contribution in [0.5, 0.6) is 0 Å². The third-order valence-electron chi connectivity index (χ3n) is 4.48. The molecule has 0 spiro atoms. The molecule has 0 bridgehead atoms. The van der Waals surface area contributed by atoms with E-state index < -0.39 is 15.9 Å². The van der Waals surface area contributed by atoms with Gasteiger partial charge in [-0.1, -0.05) is 12.1 Å². The highest BCUT2D eigenvalue weighted by molar-refractivity contribution is 7.92. The normalized spacial score (nSPS) is 16.7. The third kappa shape index (κ3) is 4.63. The molecule has 144 valence electrons. The number of carbonyl (C=O) groups excluding carboxylic acids is 1. The average molecular weight is 394 g/mol. The molecule has 27 heavy (non-hydrogen) atoms. The van der Waals surface area contributed by atoms with Gasteiger partial charge in [0, 0.05) is 23.7 Å². The summed E-state index contributed by atoms with van der Waals surface area (Å²) in [4.78, 5) is 12.5. The molecule has 1 atom stereocenters. The van der Waals surface area contributed by atoms with Gasteiger partial charge >= 0.3 is 0 Å². The molecule has 2 N–H and O–H groups in total. The zero-order valence-corrected chi connectivity index (χ0v) is 15.7. The van der Waals surface area contributed by atoms with Crippen molar-refractivity contribution in [1.82, 2.24) is 5.32 Å². The molecule has 1 amide bonds. The van der Waals surface area contributed by atoms with E-state index in [-0.39, 0.29) is 17.5 Å². The monoisotopic (exact) mass is 394 g/mol. The van der Waals surface area contributed by atoms with Gasteiger partial charge in [0.05, 0.1) is 12.3 Å². The minimum Gasteiger partial charge on any atom is -0.345 e. The Kier molecular flexibility index (Phi) is 4.94. The predicted octanol–water partition coefficient (Wildman–Crippen LogP) is 3.59. The number of anilines is 1. The molecule has 0 unspecified atom stereocenters. The number of fused-ring (bicyclic) bond motifs is 1. The molecular weight excluding hydrogens is 374 g/mol. The van der Waals surface area contributed by atoms with Gasteiger partial charge < -0.3 is 5.32 Å². The second-order valence-electron chi connectivity index (χ2n) is 6.82. The van der Waals surface area contributed by atoms with Gasteiger partial charge in [0.15, 0.2) is 0 Å². The number of nitrogens with one attached hydrogen (secondary N) is 2. The van der Waals surface area contributed by atoms with Crippen molar-refractivity contribution >= 4 is 21.6 Å². The Balaban J connectivity index is 1.71. The number of alkyl halides is 2. The minimum atomic E-state index is -3.38. The molecule has 0 heterocycles. The molecule has 0 aliphatic heterocycles. The van der Waals surface area contributed by atoms with Gasteiger partial charge in [-0.25, -0.2) is 17.2 Å². The van der Waals surface area contributed by atoms with E-state index in [1.54, 1.807) is 6.07 Å². The Morgan fingerprint density at radius 1 is 1.15 bits per heavy atom. The highest BCUT2D eigenvalue weighted by Crippen LogP contribution is 2.36. The van der Waals surface area contributed by atoms with Crippen LogP contribution in [-0.4, -0.2) is 20.6 Å². The fourth-order valence-corrected chi connectivity index (χ4v) is 3.75. The van der Waals surface area contributed by atoms with E-state index in [4.69, 9.17) is 0 Å². The first kappa shape index (κ1) is 19.3. The van der Waals surface area contributed by atoms with Crippen LogP contribution in [0.2, 0.25) is 0 Å². The Labute approximate surface area is 156 Å². The zero-order valence-electron chi connectivity index (χ0n) is 14.9. The van der Waals surface area contributed by atoms with Crippen LogP contribution >= 0.6 is 0 Å². The maximum Gasteiger partial charge on any atom is 0.270 e. The van der Waals surface area contributed by atoms with E-state index in [2.05, 4.69) is 10.0 Å². The van der Waals surface area contributed by atoms with E-state index in [0.717, 1.165) is 24.3 Å². The van der Waals surface area contributed by atoms with Crippen molar-refractivity contribution in [3.63, 3.8) is 0 Å². The summed E-state index contributed by atoms with van der Waals surface area (Å²) in [7, 11) is -3.38. The minimum absolute atomic E-state index is 0.0257. The Morgan fingerprint density at radius 3 is 2.41 bits per heavy atom. The standard InChI is InChI=1S/C19H20F2N2O3S/c1-19(20,21)14-6-9-16-13(11-14)5-10-17(16)22-18(24)12-3-7-15(8-4-12)23-27(2,25)26/h3-4,6-9,11,17,23H,5,10H2,1-2H3,(H,22,24)/t17-/m0/s1. The van der Waals surface area contributed by atoms with Gasteiger partial charge in [0.2, 0.25) is 10.0 Å². The van der Waals surface area contributed by atoms with Gasteiger partial charge in [-0.2, -0.15) is 0 Å². The molecule has 0 fully saturated rings. The van der Waals surface area contributed by atoms with Gasteiger partial charge in [-0.15, -0.1) is 0 Å². The lowest BCUT2D eigenvalue weighted by Crippen LogP contribution is -2.27. The number of hydrogen-bond acceptors (Lipinski definition) is 3. The summed E-state index contributed by atoms with van der Waals surface area (Å²) in [6.45, 7) is 0.866. The molecule has 0 saturated heterocycles. The summed E-state index contributed by atoms with van der Waals surface area (Å²) in [5.74, 6) is -3.19. The van der Waals surface area contributed by atoms with Crippen molar-refractivity contribution in [3.05, 3.63) is 64.7 Å². The fraction of sp³-hybridized carbons (Fsp3) is 0.316. The number of benzene rings is 2. The van der Waals surface area contributed by atoms with Crippen LogP contribution in [-0.2, 0) is 22.4 Å². The Bertz CT molecular complexity index is 967. The van der Waals surface area contributed by atoms with E-state index >= 15 is 0 Å². The summed E-state index contributed by atoms with van der Waals surface area (Å²) in [5.41, 5.74) is 2.41. The number of rotatable bonds is 5. The fourth-order valence-electron chi connectivity index (χ4n) is 3.19. The predicted molar refractivity (Wildman–Crippen MR) is 99.4 cm³/mol. The molecule has 8 heteroatoms. The zero-order chi connectivity index (χ0) is 19.8. The van der Waals surface area contributed by atoms with Crippen LogP contribution in [0.15, 0.2) is 42.5 Å². The van der Waals surface area contributed by atoms with E-state index in [9.17, 15) is 22.0 Å². The van der Waals surface area contributed by atoms with Crippen molar-refractivity contribution in [3.8, 4) is 0 Å². The lowest BCUT2D eigenvalue weighted by Gasteiger charge is -2.16. The van der Waals surface area contributed by atoms with Gasteiger partial charge in [0.25, 0.3) is 11.8 Å². The quantitative estimate of drug-likeness (QED) is 0.814. The maximum atomic E-state index is 13.5. The van der Waals surface area contributed by atoms with Crippen LogP contribution in [0.25, 0.3) is 0 Å². The van der Waals surface area contributed by atoms with E-state index in [0.29, 0.717) is 24.1 Å². The number of carbonyl (C=O) groups is 1. The summed E-state index contributed by atoms with van der Waals surface area (Å²) in [6, 6.07) is 10.4. The summed E-state index contributed by atoms with van der Waals surface area (Å²) in [5, 5.41) is 2.91. The number of sulfonamides is 1. The lowest BCUT2D eigenvalue weighted by atomic mass is 10.0. The first-order valence-corrected chi connectivity index (χ1v) is 10.3. The number of amides is 1. The van der Waals surface area contributed by atoms with Crippen molar-refractivity contribution in [1.29, 1.82) is 0 Å². The van der Waals surface area contributed by atoms with Gasteiger partial charge in [-0.05, 0) is 54.3 Å². The van der Waals surface area contributed by atoms with Crippen molar-refractivity contribution in [2.75, 3.05) is 11.0 Å². The first-order valence-electron chi connectivity index (χ1n) is 8.43. The number of hydrogen-bond donors (Lipinski definition) is 2. The van der Waals surface area contributed by atoms with Crippen molar-refractivity contribution in [2.45, 2.75) is 31.7 Å². The second kappa shape index (κ2) is 6.92. The molecule has 0 saturated carbocycles. The SMILES string of the molecule is CC(F)(F)c1ccc2c(c1)CC[C@@H]2NC(=O)c1ccc(NS(C)(=O)=O)cc1. The Morgan fingerprint density at radius 2 is 1.81 bits per heavy atom. The van der Waals surface area contributed by atoms with Crippen LogP contribution in [0.3, 0.4) is 0 Å². The molecular formula is C19H20F2N2O3S.